The third kappa shape index (κ3) is 1.85. The van der Waals surface area contributed by atoms with Crippen LogP contribution in [0, 0.1) is 11.3 Å². The quantitative estimate of drug-likeness (QED) is 0.700. The molecule has 2 aromatic heterocycles. The van der Waals surface area contributed by atoms with Crippen molar-refractivity contribution in [3.05, 3.63) is 54.0 Å². The van der Waals surface area contributed by atoms with Crippen LogP contribution in [0.3, 0.4) is 0 Å². The highest BCUT2D eigenvalue weighted by molar-refractivity contribution is 5.83. The third-order valence-corrected chi connectivity index (χ3v) is 3.13. The molecular formula is C15H12N4. The molecule has 0 unspecified atom stereocenters. The Bertz CT molecular complexity index is 763. The van der Waals surface area contributed by atoms with Gasteiger partial charge in [-0.3, -0.25) is 4.57 Å². The molecule has 0 radical (unpaired) electrons. The van der Waals surface area contributed by atoms with E-state index in [4.69, 9.17) is 0 Å². The second kappa shape index (κ2) is 4.54. The molecule has 0 spiro atoms. The molecule has 0 amide bonds. The summed E-state index contributed by atoms with van der Waals surface area (Å²) in [5.41, 5.74) is 2.58. The van der Waals surface area contributed by atoms with E-state index < -0.39 is 0 Å². The van der Waals surface area contributed by atoms with Crippen LogP contribution < -0.4 is 0 Å². The number of rotatable bonds is 2. The van der Waals surface area contributed by atoms with Crippen LogP contribution in [-0.2, 0) is 6.42 Å². The van der Waals surface area contributed by atoms with E-state index in [1.54, 1.807) is 17.0 Å². The van der Waals surface area contributed by atoms with Crippen LogP contribution >= 0.6 is 0 Å². The largest absolute Gasteiger partial charge is 0.269 e. The topological polar surface area (TPSA) is 54.5 Å². The van der Waals surface area contributed by atoms with Gasteiger partial charge in [0.25, 0.3) is 0 Å². The second-order valence-electron chi connectivity index (χ2n) is 4.28. The first-order valence-electron chi connectivity index (χ1n) is 6.15. The van der Waals surface area contributed by atoms with Crippen LogP contribution in [0.2, 0.25) is 0 Å². The zero-order valence-electron chi connectivity index (χ0n) is 10.5. The molecule has 0 saturated carbocycles. The third-order valence-electron chi connectivity index (χ3n) is 3.13. The van der Waals surface area contributed by atoms with Gasteiger partial charge in [0.15, 0.2) is 0 Å². The summed E-state index contributed by atoms with van der Waals surface area (Å²) in [7, 11) is 0. The summed E-state index contributed by atoms with van der Waals surface area (Å²) in [6, 6.07) is 11.9. The van der Waals surface area contributed by atoms with Crippen LogP contribution in [0.5, 0.6) is 0 Å². The van der Waals surface area contributed by atoms with Crippen LogP contribution in [-0.4, -0.2) is 14.5 Å². The summed E-state index contributed by atoms with van der Waals surface area (Å²) >= 11 is 0. The lowest BCUT2D eigenvalue weighted by molar-refractivity contribution is 0.925. The monoisotopic (exact) mass is 248 g/mol. The molecule has 3 rings (SSSR count). The number of aromatic nitrogens is 3. The van der Waals surface area contributed by atoms with Crippen molar-refractivity contribution in [2.45, 2.75) is 13.3 Å². The van der Waals surface area contributed by atoms with Crippen molar-refractivity contribution in [1.29, 1.82) is 5.26 Å². The van der Waals surface area contributed by atoms with Crippen molar-refractivity contribution in [3.63, 3.8) is 0 Å². The van der Waals surface area contributed by atoms with Crippen LogP contribution in [0.15, 0.2) is 42.7 Å². The smallest absolute Gasteiger partial charge is 0.235 e. The number of aryl methyl sites for hydroxylation is 1. The minimum Gasteiger partial charge on any atom is -0.269 e. The Morgan fingerprint density at radius 2 is 1.95 bits per heavy atom. The Kier molecular flexibility index (Phi) is 2.73. The molecule has 1 aromatic carbocycles. The molecule has 0 aliphatic carbocycles. The van der Waals surface area contributed by atoms with Crippen molar-refractivity contribution in [3.8, 4) is 12.0 Å². The molecule has 19 heavy (non-hydrogen) atoms. The fourth-order valence-electron chi connectivity index (χ4n) is 2.10. The molecule has 4 heteroatoms. The van der Waals surface area contributed by atoms with E-state index >= 15 is 0 Å². The molecule has 0 N–H and O–H groups in total. The summed E-state index contributed by atoms with van der Waals surface area (Å²) in [6.07, 6.45) is 4.51. The fourth-order valence-corrected chi connectivity index (χ4v) is 2.10. The van der Waals surface area contributed by atoms with E-state index in [0.717, 1.165) is 22.9 Å². The number of hydrogen-bond donors (Lipinski definition) is 0. The minimum atomic E-state index is 0.537. The number of para-hydroxylation sites is 1. The molecule has 0 fully saturated rings. The Morgan fingerprint density at radius 1 is 1.21 bits per heavy atom. The lowest BCUT2D eigenvalue weighted by Gasteiger charge is -2.05. The van der Waals surface area contributed by atoms with Crippen molar-refractivity contribution in [2.24, 2.45) is 0 Å². The normalized spacial score (nSPS) is 10.5. The summed E-state index contributed by atoms with van der Waals surface area (Å²) in [5, 5.41) is 10.3. The van der Waals surface area contributed by atoms with E-state index in [-0.39, 0.29) is 0 Å². The van der Waals surface area contributed by atoms with Crippen LogP contribution in [0.25, 0.3) is 16.9 Å². The summed E-state index contributed by atoms with van der Waals surface area (Å²) < 4.78 is 1.79. The first-order valence-corrected chi connectivity index (χ1v) is 6.15. The standard InChI is InChI=1S/C15H12N4/c1-2-11-9-17-15(18-10-11)19-13(8-16)7-12-5-3-4-6-14(12)19/h3-7,9-10H,2H2,1H3. The van der Waals surface area contributed by atoms with E-state index in [0.29, 0.717) is 11.6 Å². The van der Waals surface area contributed by atoms with E-state index in [2.05, 4.69) is 23.0 Å². The highest BCUT2D eigenvalue weighted by Crippen LogP contribution is 2.21. The highest BCUT2D eigenvalue weighted by atomic mass is 15.2. The zero-order chi connectivity index (χ0) is 13.2. The molecule has 4 nitrogen and oxygen atoms in total. The van der Waals surface area contributed by atoms with Gasteiger partial charge in [-0.1, -0.05) is 25.1 Å². The van der Waals surface area contributed by atoms with Gasteiger partial charge in [0.2, 0.25) is 5.95 Å². The summed E-state index contributed by atoms with van der Waals surface area (Å²) in [4.78, 5) is 8.70. The number of fused-ring (bicyclic) bond motifs is 1. The molecule has 92 valence electrons. The van der Waals surface area contributed by atoms with Gasteiger partial charge in [-0.15, -0.1) is 0 Å². The molecule has 0 atom stereocenters. The first-order chi connectivity index (χ1) is 9.33. The van der Waals surface area contributed by atoms with Gasteiger partial charge >= 0.3 is 0 Å². The molecule has 2 heterocycles. The molecule has 0 aliphatic heterocycles. The van der Waals surface area contributed by atoms with Gasteiger partial charge in [0, 0.05) is 17.8 Å². The Hall–Kier alpha value is -2.67. The Morgan fingerprint density at radius 3 is 2.63 bits per heavy atom. The van der Waals surface area contributed by atoms with Crippen LogP contribution in [0.1, 0.15) is 18.2 Å². The van der Waals surface area contributed by atoms with E-state index in [1.165, 1.54) is 0 Å². The maximum absolute atomic E-state index is 9.26. The maximum atomic E-state index is 9.26. The predicted octanol–water partition coefficient (Wildman–Crippen LogP) is 2.85. The van der Waals surface area contributed by atoms with Gasteiger partial charge in [-0.05, 0) is 24.1 Å². The lowest BCUT2D eigenvalue weighted by Crippen LogP contribution is -2.03. The second-order valence-corrected chi connectivity index (χ2v) is 4.28. The molecule has 0 aliphatic rings. The predicted molar refractivity (Wildman–Crippen MR) is 73.0 cm³/mol. The average Bonchev–Trinajstić information content (AvgIpc) is 2.86. The van der Waals surface area contributed by atoms with Crippen molar-refractivity contribution < 1.29 is 0 Å². The Balaban J connectivity index is 2.25. The molecule has 0 saturated heterocycles. The van der Waals surface area contributed by atoms with Crippen molar-refractivity contribution in [2.75, 3.05) is 0 Å². The van der Waals surface area contributed by atoms with Gasteiger partial charge in [-0.25, -0.2) is 9.97 Å². The Labute approximate surface area is 111 Å². The molecule has 3 aromatic rings. The average molecular weight is 248 g/mol. The number of benzene rings is 1. The van der Waals surface area contributed by atoms with Gasteiger partial charge in [0.05, 0.1) is 5.52 Å². The van der Waals surface area contributed by atoms with Crippen LogP contribution in [0.4, 0.5) is 0 Å². The van der Waals surface area contributed by atoms with Gasteiger partial charge in [-0.2, -0.15) is 5.26 Å². The SMILES string of the molecule is CCc1cnc(-n2c(C#N)cc3ccccc32)nc1. The van der Waals surface area contributed by atoms with Gasteiger partial charge in [0.1, 0.15) is 11.8 Å². The fraction of sp³-hybridized carbons (Fsp3) is 0.133. The van der Waals surface area contributed by atoms with E-state index in [1.807, 2.05) is 30.3 Å². The van der Waals surface area contributed by atoms with E-state index in [9.17, 15) is 5.26 Å². The number of nitrogens with zero attached hydrogens (tertiary/aromatic N) is 4. The molecular weight excluding hydrogens is 236 g/mol. The molecule has 0 bridgehead atoms. The summed E-state index contributed by atoms with van der Waals surface area (Å²) in [6.45, 7) is 2.06. The van der Waals surface area contributed by atoms with Crippen molar-refractivity contribution in [1.82, 2.24) is 14.5 Å². The summed E-state index contributed by atoms with van der Waals surface area (Å²) in [5.74, 6) is 0.537. The zero-order valence-corrected chi connectivity index (χ0v) is 10.5. The minimum absolute atomic E-state index is 0.537. The van der Waals surface area contributed by atoms with Gasteiger partial charge < -0.3 is 0 Å². The maximum Gasteiger partial charge on any atom is 0.235 e. The lowest BCUT2D eigenvalue weighted by atomic mass is 10.2. The van der Waals surface area contributed by atoms with Crippen molar-refractivity contribution >= 4 is 10.9 Å². The number of nitriles is 1. The first kappa shape index (κ1) is 11.4. The highest BCUT2D eigenvalue weighted by Gasteiger charge is 2.11. The number of hydrogen-bond acceptors (Lipinski definition) is 3.